The summed E-state index contributed by atoms with van der Waals surface area (Å²) in [6, 6.07) is 7.90. The van der Waals surface area contributed by atoms with Crippen molar-refractivity contribution in [2.75, 3.05) is 25.3 Å². The number of ether oxygens (including phenoxy) is 1. The summed E-state index contributed by atoms with van der Waals surface area (Å²) in [5.41, 5.74) is 1.86. The van der Waals surface area contributed by atoms with Gasteiger partial charge in [-0.2, -0.15) is 0 Å². The van der Waals surface area contributed by atoms with Gasteiger partial charge in [0.15, 0.2) is 9.99 Å². The normalized spacial score (nSPS) is 12.5. The minimum absolute atomic E-state index is 0.0696. The Labute approximate surface area is 153 Å². The van der Waals surface area contributed by atoms with Gasteiger partial charge in [0.05, 0.1) is 6.04 Å². The molecule has 0 aliphatic carbocycles. The standard InChI is InChI=1S/C16H17ClN4OS2/c1-22-8-7-12(10-3-5-11(17)6-4-10)20-14-13-15(19-9-18-14)21-16(23-2)24-13/h3-6,9,12H,7-8H2,1-2H3,(H,18,19,20). The molecule has 0 radical (unpaired) electrons. The van der Waals surface area contributed by atoms with E-state index in [1.54, 1.807) is 36.5 Å². The number of fused-ring (bicyclic) bond motifs is 1. The Morgan fingerprint density at radius 3 is 2.79 bits per heavy atom. The van der Waals surface area contributed by atoms with E-state index in [0.717, 1.165) is 37.5 Å². The van der Waals surface area contributed by atoms with Crippen molar-refractivity contribution in [2.24, 2.45) is 0 Å². The van der Waals surface area contributed by atoms with Crippen LogP contribution in [-0.2, 0) is 4.74 Å². The molecular formula is C16H17ClN4OS2. The summed E-state index contributed by atoms with van der Waals surface area (Å²) in [6.45, 7) is 0.646. The molecule has 0 bridgehead atoms. The van der Waals surface area contributed by atoms with Crippen molar-refractivity contribution in [2.45, 2.75) is 16.8 Å². The highest BCUT2D eigenvalue weighted by atomic mass is 35.5. The summed E-state index contributed by atoms with van der Waals surface area (Å²) in [5.74, 6) is 0.800. The molecule has 2 aromatic heterocycles. The number of nitrogens with zero attached hydrogens (tertiary/aromatic N) is 3. The molecule has 3 aromatic rings. The summed E-state index contributed by atoms with van der Waals surface area (Å²) in [4.78, 5) is 13.2. The number of aromatic nitrogens is 3. The SMILES string of the molecule is COCCC(Nc1ncnc2nc(SC)sc12)c1ccc(Cl)cc1. The first-order valence-electron chi connectivity index (χ1n) is 7.37. The van der Waals surface area contributed by atoms with Gasteiger partial charge < -0.3 is 10.1 Å². The zero-order valence-electron chi connectivity index (χ0n) is 13.3. The largest absolute Gasteiger partial charge is 0.385 e. The van der Waals surface area contributed by atoms with Gasteiger partial charge in [-0.25, -0.2) is 15.0 Å². The highest BCUT2D eigenvalue weighted by Gasteiger charge is 2.16. The lowest BCUT2D eigenvalue weighted by Crippen LogP contribution is -2.14. The Hall–Kier alpha value is -1.41. The topological polar surface area (TPSA) is 59.9 Å². The van der Waals surface area contributed by atoms with Crippen LogP contribution in [0.1, 0.15) is 18.0 Å². The average molecular weight is 381 g/mol. The molecule has 1 N–H and O–H groups in total. The number of anilines is 1. The number of hydrogen-bond acceptors (Lipinski definition) is 7. The van der Waals surface area contributed by atoms with Crippen molar-refractivity contribution in [3.8, 4) is 0 Å². The molecule has 0 spiro atoms. The van der Waals surface area contributed by atoms with Crippen molar-refractivity contribution < 1.29 is 4.74 Å². The molecule has 1 atom stereocenters. The minimum Gasteiger partial charge on any atom is -0.385 e. The molecule has 0 saturated heterocycles. The third kappa shape index (κ3) is 3.97. The van der Waals surface area contributed by atoms with Gasteiger partial charge in [0.25, 0.3) is 0 Å². The second-order valence-electron chi connectivity index (χ2n) is 5.09. The van der Waals surface area contributed by atoms with Crippen LogP contribution in [0, 0.1) is 0 Å². The number of nitrogens with one attached hydrogen (secondary N) is 1. The molecule has 0 amide bonds. The van der Waals surface area contributed by atoms with Gasteiger partial charge in [-0.1, -0.05) is 35.5 Å². The van der Waals surface area contributed by atoms with Crippen molar-refractivity contribution in [1.29, 1.82) is 0 Å². The molecule has 0 fully saturated rings. The predicted molar refractivity (Wildman–Crippen MR) is 101 cm³/mol. The summed E-state index contributed by atoms with van der Waals surface area (Å²) >= 11 is 9.21. The third-order valence-corrected chi connectivity index (χ3v) is 5.83. The average Bonchev–Trinajstić information content (AvgIpc) is 3.03. The number of halogens is 1. The molecule has 8 heteroatoms. The van der Waals surface area contributed by atoms with Gasteiger partial charge >= 0.3 is 0 Å². The lowest BCUT2D eigenvalue weighted by atomic mass is 10.0. The molecule has 0 aliphatic heterocycles. The van der Waals surface area contributed by atoms with E-state index in [1.165, 1.54) is 0 Å². The number of benzene rings is 1. The minimum atomic E-state index is 0.0696. The monoisotopic (exact) mass is 380 g/mol. The van der Waals surface area contributed by atoms with Gasteiger partial charge in [0.2, 0.25) is 0 Å². The summed E-state index contributed by atoms with van der Waals surface area (Å²) in [7, 11) is 1.70. The van der Waals surface area contributed by atoms with Gasteiger partial charge in [0, 0.05) is 18.7 Å². The van der Waals surface area contributed by atoms with E-state index in [4.69, 9.17) is 16.3 Å². The first kappa shape index (κ1) is 17.4. The van der Waals surface area contributed by atoms with Crippen LogP contribution in [0.15, 0.2) is 34.9 Å². The van der Waals surface area contributed by atoms with Crippen molar-refractivity contribution in [3.63, 3.8) is 0 Å². The predicted octanol–water partition coefficient (Wildman–Crippen LogP) is 4.65. The first-order valence-corrected chi connectivity index (χ1v) is 9.79. The molecule has 126 valence electrons. The van der Waals surface area contributed by atoms with E-state index in [0.29, 0.717) is 6.61 Å². The Bertz CT molecular complexity index is 809. The fraction of sp³-hybridized carbons (Fsp3) is 0.312. The molecule has 1 unspecified atom stereocenters. The first-order chi connectivity index (χ1) is 11.7. The van der Waals surface area contributed by atoms with Crippen LogP contribution in [0.3, 0.4) is 0 Å². The van der Waals surface area contributed by atoms with Crippen molar-refractivity contribution in [1.82, 2.24) is 15.0 Å². The van der Waals surface area contributed by atoms with E-state index in [-0.39, 0.29) is 6.04 Å². The van der Waals surface area contributed by atoms with E-state index >= 15 is 0 Å². The van der Waals surface area contributed by atoms with Crippen LogP contribution in [0.25, 0.3) is 10.3 Å². The number of methoxy groups -OCH3 is 1. The van der Waals surface area contributed by atoms with Crippen LogP contribution in [0.5, 0.6) is 0 Å². The van der Waals surface area contributed by atoms with E-state index in [1.807, 2.05) is 30.5 Å². The maximum absolute atomic E-state index is 6.00. The Morgan fingerprint density at radius 1 is 1.29 bits per heavy atom. The van der Waals surface area contributed by atoms with Crippen LogP contribution < -0.4 is 5.32 Å². The van der Waals surface area contributed by atoms with E-state index in [9.17, 15) is 0 Å². The highest BCUT2D eigenvalue weighted by molar-refractivity contribution is 8.00. The summed E-state index contributed by atoms with van der Waals surface area (Å²) < 4.78 is 7.20. The highest BCUT2D eigenvalue weighted by Crippen LogP contribution is 2.33. The van der Waals surface area contributed by atoms with Gasteiger partial charge in [0.1, 0.15) is 16.8 Å². The van der Waals surface area contributed by atoms with Crippen LogP contribution in [0.4, 0.5) is 5.82 Å². The molecular weight excluding hydrogens is 364 g/mol. The molecule has 0 aliphatic rings. The van der Waals surface area contributed by atoms with E-state index < -0.39 is 0 Å². The fourth-order valence-corrected chi connectivity index (χ4v) is 3.93. The maximum atomic E-state index is 6.00. The fourth-order valence-electron chi connectivity index (χ4n) is 2.34. The van der Waals surface area contributed by atoms with Crippen LogP contribution in [0.2, 0.25) is 5.02 Å². The summed E-state index contributed by atoms with van der Waals surface area (Å²) in [6.07, 6.45) is 4.37. The molecule has 0 saturated carbocycles. The number of thiazole rings is 1. The molecule has 5 nitrogen and oxygen atoms in total. The number of thioether (sulfide) groups is 1. The Kier molecular flexibility index (Phi) is 5.89. The van der Waals surface area contributed by atoms with Crippen molar-refractivity contribution >= 4 is 50.9 Å². The molecule has 3 rings (SSSR count). The zero-order chi connectivity index (χ0) is 16.9. The zero-order valence-corrected chi connectivity index (χ0v) is 15.7. The van der Waals surface area contributed by atoms with Crippen molar-refractivity contribution in [3.05, 3.63) is 41.2 Å². The second kappa shape index (κ2) is 8.11. The van der Waals surface area contributed by atoms with E-state index in [2.05, 4.69) is 20.3 Å². The maximum Gasteiger partial charge on any atom is 0.176 e. The lowest BCUT2D eigenvalue weighted by Gasteiger charge is -2.19. The summed E-state index contributed by atoms with van der Waals surface area (Å²) in [5, 5.41) is 4.24. The van der Waals surface area contributed by atoms with Gasteiger partial charge in [-0.3, -0.25) is 0 Å². The quantitative estimate of drug-likeness (QED) is 0.602. The number of hydrogen-bond donors (Lipinski definition) is 1. The van der Waals surface area contributed by atoms with Crippen LogP contribution in [-0.4, -0.2) is 34.9 Å². The lowest BCUT2D eigenvalue weighted by molar-refractivity contribution is 0.190. The van der Waals surface area contributed by atoms with Crippen LogP contribution >= 0.6 is 34.7 Å². The third-order valence-electron chi connectivity index (χ3n) is 3.54. The number of rotatable bonds is 7. The molecule has 1 aromatic carbocycles. The Balaban J connectivity index is 1.92. The second-order valence-corrected chi connectivity index (χ2v) is 7.58. The van der Waals surface area contributed by atoms with Gasteiger partial charge in [-0.15, -0.1) is 11.3 Å². The molecule has 24 heavy (non-hydrogen) atoms. The van der Waals surface area contributed by atoms with Gasteiger partial charge in [-0.05, 0) is 30.4 Å². The molecule has 2 heterocycles. The Morgan fingerprint density at radius 2 is 2.08 bits per heavy atom. The smallest absolute Gasteiger partial charge is 0.176 e.